The van der Waals surface area contributed by atoms with Crippen LogP contribution in [0.25, 0.3) is 16.9 Å². The van der Waals surface area contributed by atoms with E-state index in [4.69, 9.17) is 5.10 Å². The normalized spacial score (nSPS) is 11.8. The number of hydrogen-bond donors (Lipinski definition) is 0. The summed E-state index contributed by atoms with van der Waals surface area (Å²) in [5, 5.41) is 4.71. The first-order chi connectivity index (χ1) is 13.7. The van der Waals surface area contributed by atoms with Gasteiger partial charge in [0, 0.05) is 30.1 Å². The van der Waals surface area contributed by atoms with Gasteiger partial charge >= 0.3 is 0 Å². The Hall–Kier alpha value is -2.76. The zero-order chi connectivity index (χ0) is 21.2. The summed E-state index contributed by atoms with van der Waals surface area (Å²) in [6, 6.07) is 9.97. The van der Waals surface area contributed by atoms with Crippen molar-refractivity contribution in [3.8, 4) is 11.3 Å². The minimum atomic E-state index is -0.331. The average Bonchev–Trinajstić information content (AvgIpc) is 3.11. The Balaban J connectivity index is 2.20. The van der Waals surface area contributed by atoms with Gasteiger partial charge in [0.25, 0.3) is 5.91 Å². The van der Waals surface area contributed by atoms with E-state index in [0.29, 0.717) is 35.7 Å². The van der Waals surface area contributed by atoms with Crippen LogP contribution in [-0.2, 0) is 5.41 Å². The highest BCUT2D eigenvalue weighted by molar-refractivity contribution is 5.94. The molecule has 0 aliphatic heterocycles. The van der Waals surface area contributed by atoms with Crippen molar-refractivity contribution in [1.29, 1.82) is 0 Å². The van der Waals surface area contributed by atoms with E-state index in [9.17, 15) is 9.18 Å². The first-order valence-electron chi connectivity index (χ1n) is 10.2. The van der Waals surface area contributed by atoms with E-state index in [1.54, 1.807) is 16.6 Å². The van der Waals surface area contributed by atoms with Gasteiger partial charge in [-0.25, -0.2) is 13.9 Å². The number of benzene rings is 1. The second kappa shape index (κ2) is 8.31. The minimum Gasteiger partial charge on any atom is -0.337 e. The van der Waals surface area contributed by atoms with Gasteiger partial charge in [-0.05, 0) is 31.0 Å². The van der Waals surface area contributed by atoms with Crippen molar-refractivity contribution in [3.63, 3.8) is 0 Å². The van der Waals surface area contributed by atoms with E-state index >= 15 is 0 Å². The SMILES string of the molecule is CCCN(CCC)C(=O)c1cc(-c2cccc(F)c2)n2nc(C(C)(C)C)cc2n1. The molecule has 5 nitrogen and oxygen atoms in total. The number of aromatic nitrogens is 3. The van der Waals surface area contributed by atoms with Crippen LogP contribution in [0.1, 0.15) is 63.6 Å². The molecule has 3 aromatic rings. The fourth-order valence-corrected chi connectivity index (χ4v) is 3.32. The Morgan fingerprint density at radius 3 is 2.38 bits per heavy atom. The number of fused-ring (bicyclic) bond motifs is 1. The maximum atomic E-state index is 13.9. The second-order valence-corrected chi connectivity index (χ2v) is 8.38. The summed E-state index contributed by atoms with van der Waals surface area (Å²) in [5.74, 6) is -0.436. The number of rotatable bonds is 6. The van der Waals surface area contributed by atoms with E-state index < -0.39 is 0 Å². The molecule has 1 aromatic carbocycles. The number of amides is 1. The van der Waals surface area contributed by atoms with Crippen LogP contribution in [0.4, 0.5) is 4.39 Å². The van der Waals surface area contributed by atoms with Crippen molar-refractivity contribution in [3.05, 3.63) is 53.6 Å². The Labute approximate surface area is 171 Å². The lowest BCUT2D eigenvalue weighted by Crippen LogP contribution is -2.33. The van der Waals surface area contributed by atoms with Crippen LogP contribution < -0.4 is 0 Å². The fraction of sp³-hybridized carbons (Fsp3) is 0.435. The number of carbonyl (C=O) groups is 1. The van der Waals surface area contributed by atoms with Crippen molar-refractivity contribution < 1.29 is 9.18 Å². The third-order valence-electron chi connectivity index (χ3n) is 4.81. The van der Waals surface area contributed by atoms with Gasteiger partial charge in [-0.1, -0.05) is 46.8 Å². The number of nitrogens with zero attached hydrogens (tertiary/aromatic N) is 4. The lowest BCUT2D eigenvalue weighted by molar-refractivity contribution is 0.0750. The van der Waals surface area contributed by atoms with Crippen molar-refractivity contribution in [2.45, 2.75) is 52.9 Å². The van der Waals surface area contributed by atoms with Gasteiger partial charge in [0.2, 0.25) is 0 Å². The molecule has 0 aliphatic carbocycles. The van der Waals surface area contributed by atoms with Crippen molar-refractivity contribution in [2.24, 2.45) is 0 Å². The van der Waals surface area contributed by atoms with Gasteiger partial charge in [-0.2, -0.15) is 5.10 Å². The molecule has 0 saturated heterocycles. The third-order valence-corrected chi connectivity index (χ3v) is 4.81. The molecule has 2 aromatic heterocycles. The van der Waals surface area contributed by atoms with Crippen LogP contribution >= 0.6 is 0 Å². The molecule has 0 radical (unpaired) electrons. The lowest BCUT2D eigenvalue weighted by Gasteiger charge is -2.21. The van der Waals surface area contributed by atoms with Gasteiger partial charge in [0.15, 0.2) is 5.65 Å². The smallest absolute Gasteiger partial charge is 0.272 e. The lowest BCUT2D eigenvalue weighted by atomic mass is 9.93. The molecule has 0 fully saturated rings. The molecule has 1 amide bonds. The Kier molecular flexibility index (Phi) is 6.01. The highest BCUT2D eigenvalue weighted by atomic mass is 19.1. The topological polar surface area (TPSA) is 50.5 Å². The van der Waals surface area contributed by atoms with Crippen LogP contribution in [0.5, 0.6) is 0 Å². The Bertz CT molecular complexity index is 1010. The highest BCUT2D eigenvalue weighted by Crippen LogP contribution is 2.27. The van der Waals surface area contributed by atoms with Crippen LogP contribution in [0.15, 0.2) is 36.4 Å². The van der Waals surface area contributed by atoms with Crippen molar-refractivity contribution in [1.82, 2.24) is 19.5 Å². The van der Waals surface area contributed by atoms with Gasteiger partial charge < -0.3 is 4.90 Å². The van der Waals surface area contributed by atoms with Crippen LogP contribution in [0, 0.1) is 5.82 Å². The molecule has 3 rings (SSSR count). The summed E-state index contributed by atoms with van der Waals surface area (Å²) in [4.78, 5) is 19.6. The van der Waals surface area contributed by atoms with Gasteiger partial charge in [0.1, 0.15) is 11.5 Å². The Morgan fingerprint density at radius 1 is 1.10 bits per heavy atom. The van der Waals surface area contributed by atoms with Crippen LogP contribution in [-0.4, -0.2) is 38.5 Å². The van der Waals surface area contributed by atoms with E-state index in [0.717, 1.165) is 18.5 Å². The van der Waals surface area contributed by atoms with Gasteiger partial charge in [0.05, 0.1) is 11.4 Å². The summed E-state index contributed by atoms with van der Waals surface area (Å²) < 4.78 is 15.6. The predicted octanol–water partition coefficient (Wildman–Crippen LogP) is 5.10. The summed E-state index contributed by atoms with van der Waals surface area (Å²) in [5.41, 5.74) is 2.96. The summed E-state index contributed by atoms with van der Waals surface area (Å²) in [6.07, 6.45) is 1.76. The molecule has 2 heterocycles. The summed E-state index contributed by atoms with van der Waals surface area (Å²) in [6.45, 7) is 11.7. The fourth-order valence-electron chi connectivity index (χ4n) is 3.32. The monoisotopic (exact) mass is 396 g/mol. The van der Waals surface area contributed by atoms with Gasteiger partial charge in [-0.15, -0.1) is 0 Å². The molecule has 29 heavy (non-hydrogen) atoms. The molecule has 6 heteroatoms. The first-order valence-corrected chi connectivity index (χ1v) is 10.2. The minimum absolute atomic E-state index is 0.104. The standard InChI is InChI=1S/C23H29FN4O/c1-6-11-27(12-7-2)22(29)18-14-19(16-9-8-10-17(24)13-16)28-21(25-18)15-20(26-28)23(3,4)5/h8-10,13-15H,6-7,11-12H2,1-5H3. The van der Waals surface area contributed by atoms with Crippen molar-refractivity contribution >= 4 is 11.6 Å². The maximum absolute atomic E-state index is 13.9. The molecule has 0 unspecified atom stereocenters. The largest absolute Gasteiger partial charge is 0.337 e. The first kappa shape index (κ1) is 21.0. The van der Waals surface area contributed by atoms with Gasteiger partial charge in [-0.3, -0.25) is 4.79 Å². The molecular formula is C23H29FN4O. The van der Waals surface area contributed by atoms with Crippen LogP contribution in [0.3, 0.4) is 0 Å². The number of hydrogen-bond acceptors (Lipinski definition) is 3. The quantitative estimate of drug-likeness (QED) is 0.583. The molecule has 0 aliphatic rings. The second-order valence-electron chi connectivity index (χ2n) is 8.38. The predicted molar refractivity (Wildman–Crippen MR) is 114 cm³/mol. The maximum Gasteiger partial charge on any atom is 0.272 e. The molecule has 0 spiro atoms. The van der Waals surface area contributed by atoms with Crippen molar-refractivity contribution in [2.75, 3.05) is 13.1 Å². The van der Waals surface area contributed by atoms with E-state index in [1.165, 1.54) is 12.1 Å². The highest BCUT2D eigenvalue weighted by Gasteiger charge is 2.23. The summed E-state index contributed by atoms with van der Waals surface area (Å²) in [7, 11) is 0. The number of halogens is 1. The summed E-state index contributed by atoms with van der Waals surface area (Å²) >= 11 is 0. The average molecular weight is 397 g/mol. The van der Waals surface area contributed by atoms with E-state index in [1.807, 2.05) is 17.0 Å². The number of carbonyl (C=O) groups excluding carboxylic acids is 1. The van der Waals surface area contributed by atoms with Crippen LogP contribution in [0.2, 0.25) is 0 Å². The van der Waals surface area contributed by atoms with E-state index in [2.05, 4.69) is 39.6 Å². The Morgan fingerprint density at radius 2 is 1.79 bits per heavy atom. The zero-order valence-corrected chi connectivity index (χ0v) is 17.9. The molecule has 0 atom stereocenters. The zero-order valence-electron chi connectivity index (χ0n) is 17.9. The molecule has 0 bridgehead atoms. The molecule has 0 saturated carbocycles. The molecular weight excluding hydrogens is 367 g/mol. The third kappa shape index (κ3) is 4.47. The molecule has 0 N–H and O–H groups in total. The molecule has 154 valence electrons. The van der Waals surface area contributed by atoms with E-state index in [-0.39, 0.29) is 17.1 Å².